The summed E-state index contributed by atoms with van der Waals surface area (Å²) < 4.78 is 5.19. The summed E-state index contributed by atoms with van der Waals surface area (Å²) in [5.74, 6) is 0.00902. The van der Waals surface area contributed by atoms with Gasteiger partial charge in [0.25, 0.3) is 5.91 Å². The lowest BCUT2D eigenvalue weighted by atomic mass is 10.2. The molecule has 6 nitrogen and oxygen atoms in total. The Hall–Kier alpha value is -2.08. The van der Waals surface area contributed by atoms with Crippen molar-refractivity contribution in [1.82, 2.24) is 4.90 Å². The number of amides is 1. The van der Waals surface area contributed by atoms with Crippen molar-refractivity contribution in [3.05, 3.63) is 29.8 Å². The van der Waals surface area contributed by atoms with E-state index in [0.29, 0.717) is 31.9 Å². The number of carbonyl (C=O) groups is 1. The van der Waals surface area contributed by atoms with Crippen LogP contribution in [0.1, 0.15) is 12.5 Å². The SMILES string of the molecule is C[C@@H](O/N=C\c1ccccc1O)C(=O)N1CCOCC1. The molecule has 0 unspecified atom stereocenters. The first kappa shape index (κ1) is 14.3. The van der Waals surface area contributed by atoms with Crippen LogP contribution in [0.5, 0.6) is 5.75 Å². The molecule has 2 rings (SSSR count). The van der Waals surface area contributed by atoms with Gasteiger partial charge >= 0.3 is 0 Å². The fourth-order valence-electron chi connectivity index (χ4n) is 1.86. The Bertz CT molecular complexity index is 484. The van der Waals surface area contributed by atoms with E-state index in [0.717, 1.165) is 0 Å². The van der Waals surface area contributed by atoms with Crippen LogP contribution in [0.3, 0.4) is 0 Å². The summed E-state index contributed by atoms with van der Waals surface area (Å²) in [5, 5.41) is 13.3. The molecule has 20 heavy (non-hydrogen) atoms. The van der Waals surface area contributed by atoms with Crippen molar-refractivity contribution in [1.29, 1.82) is 0 Å². The summed E-state index contributed by atoms with van der Waals surface area (Å²) in [5.41, 5.74) is 0.540. The number of morpholine rings is 1. The van der Waals surface area contributed by atoms with E-state index in [4.69, 9.17) is 9.57 Å². The van der Waals surface area contributed by atoms with Gasteiger partial charge in [-0.25, -0.2) is 0 Å². The van der Waals surface area contributed by atoms with Crippen molar-refractivity contribution >= 4 is 12.1 Å². The smallest absolute Gasteiger partial charge is 0.266 e. The van der Waals surface area contributed by atoms with E-state index in [2.05, 4.69) is 5.16 Å². The van der Waals surface area contributed by atoms with Crippen molar-refractivity contribution in [2.75, 3.05) is 26.3 Å². The van der Waals surface area contributed by atoms with Gasteiger partial charge in [0.15, 0.2) is 0 Å². The molecule has 1 N–H and O–H groups in total. The number of ether oxygens (including phenoxy) is 1. The Morgan fingerprint density at radius 2 is 2.15 bits per heavy atom. The van der Waals surface area contributed by atoms with E-state index in [9.17, 15) is 9.90 Å². The van der Waals surface area contributed by atoms with Crippen LogP contribution in [0.4, 0.5) is 0 Å². The summed E-state index contributed by atoms with van der Waals surface area (Å²) >= 11 is 0. The van der Waals surface area contributed by atoms with Gasteiger partial charge in [-0.05, 0) is 19.1 Å². The van der Waals surface area contributed by atoms with E-state index >= 15 is 0 Å². The topological polar surface area (TPSA) is 71.4 Å². The monoisotopic (exact) mass is 278 g/mol. The maximum absolute atomic E-state index is 12.0. The molecular formula is C14H18N2O4. The number of aromatic hydroxyl groups is 1. The van der Waals surface area contributed by atoms with Gasteiger partial charge < -0.3 is 19.6 Å². The first-order valence-corrected chi connectivity index (χ1v) is 6.52. The molecule has 1 aromatic carbocycles. The molecular weight excluding hydrogens is 260 g/mol. The lowest BCUT2D eigenvalue weighted by Crippen LogP contribution is -2.45. The molecule has 1 aliphatic heterocycles. The van der Waals surface area contributed by atoms with Gasteiger partial charge in [-0.1, -0.05) is 17.3 Å². The van der Waals surface area contributed by atoms with Crippen LogP contribution in [0.25, 0.3) is 0 Å². The zero-order chi connectivity index (χ0) is 14.4. The van der Waals surface area contributed by atoms with Crippen LogP contribution in [0.15, 0.2) is 29.4 Å². The average molecular weight is 278 g/mol. The molecule has 0 radical (unpaired) electrons. The molecule has 1 aromatic rings. The number of para-hydroxylation sites is 1. The average Bonchev–Trinajstić information content (AvgIpc) is 2.49. The van der Waals surface area contributed by atoms with E-state index in [1.165, 1.54) is 6.21 Å². The van der Waals surface area contributed by atoms with Crippen molar-refractivity contribution < 1.29 is 19.5 Å². The molecule has 0 aliphatic carbocycles. The maximum atomic E-state index is 12.0. The first-order chi connectivity index (χ1) is 9.68. The molecule has 1 saturated heterocycles. The highest BCUT2D eigenvalue weighted by molar-refractivity contribution is 5.83. The Kier molecular flexibility index (Phi) is 4.95. The number of carbonyl (C=O) groups excluding carboxylic acids is 1. The number of hydrogen-bond acceptors (Lipinski definition) is 5. The van der Waals surface area contributed by atoms with Crippen LogP contribution in [0, 0.1) is 0 Å². The third kappa shape index (κ3) is 3.71. The van der Waals surface area contributed by atoms with Crippen LogP contribution in [0.2, 0.25) is 0 Å². The molecule has 1 aliphatic rings. The van der Waals surface area contributed by atoms with Gasteiger partial charge in [0, 0.05) is 18.7 Å². The largest absolute Gasteiger partial charge is 0.507 e. The molecule has 0 bridgehead atoms. The fraction of sp³-hybridized carbons (Fsp3) is 0.429. The molecule has 108 valence electrons. The molecule has 6 heteroatoms. The van der Waals surface area contributed by atoms with E-state index in [1.54, 1.807) is 36.1 Å². The Balaban J connectivity index is 1.86. The predicted molar refractivity (Wildman–Crippen MR) is 73.6 cm³/mol. The van der Waals surface area contributed by atoms with E-state index in [1.807, 2.05) is 0 Å². The minimum Gasteiger partial charge on any atom is -0.507 e. The van der Waals surface area contributed by atoms with Crippen LogP contribution in [-0.4, -0.2) is 54.5 Å². The Morgan fingerprint density at radius 3 is 2.85 bits per heavy atom. The van der Waals surface area contributed by atoms with Gasteiger partial charge in [0.1, 0.15) is 5.75 Å². The number of oxime groups is 1. The minimum absolute atomic E-state index is 0.109. The van der Waals surface area contributed by atoms with Gasteiger partial charge in [-0.3, -0.25) is 4.79 Å². The lowest BCUT2D eigenvalue weighted by Gasteiger charge is -2.28. The molecule has 1 amide bonds. The minimum atomic E-state index is -0.657. The van der Waals surface area contributed by atoms with Crippen molar-refractivity contribution in [2.24, 2.45) is 5.16 Å². The molecule has 1 heterocycles. The number of benzene rings is 1. The number of phenolic OH excluding ortho intramolecular Hbond substituents is 1. The third-order valence-electron chi connectivity index (χ3n) is 3.02. The van der Waals surface area contributed by atoms with Gasteiger partial charge in [-0.15, -0.1) is 0 Å². The lowest BCUT2D eigenvalue weighted by molar-refractivity contribution is -0.146. The second-order valence-electron chi connectivity index (χ2n) is 4.48. The summed E-state index contributed by atoms with van der Waals surface area (Å²) in [6, 6.07) is 6.77. The number of phenols is 1. The second-order valence-corrected chi connectivity index (χ2v) is 4.48. The molecule has 1 fully saturated rings. The van der Waals surface area contributed by atoms with Crippen LogP contribution >= 0.6 is 0 Å². The fourth-order valence-corrected chi connectivity index (χ4v) is 1.86. The summed E-state index contributed by atoms with van der Waals surface area (Å²) in [7, 11) is 0. The third-order valence-corrected chi connectivity index (χ3v) is 3.02. The highest BCUT2D eigenvalue weighted by Gasteiger charge is 2.23. The highest BCUT2D eigenvalue weighted by Crippen LogP contribution is 2.13. The first-order valence-electron chi connectivity index (χ1n) is 6.52. The predicted octanol–water partition coefficient (Wildman–Crippen LogP) is 0.990. The van der Waals surface area contributed by atoms with Crippen LogP contribution in [-0.2, 0) is 14.4 Å². The number of rotatable bonds is 4. The summed E-state index contributed by atoms with van der Waals surface area (Å²) in [6.45, 7) is 3.92. The van der Waals surface area contributed by atoms with Gasteiger partial charge in [0.2, 0.25) is 6.10 Å². The number of hydrogen-bond donors (Lipinski definition) is 1. The molecule has 0 aromatic heterocycles. The standard InChI is InChI=1S/C14H18N2O4/c1-11(14(18)16-6-8-19-9-7-16)20-15-10-12-4-2-3-5-13(12)17/h2-5,10-11,17H,6-9H2,1H3/b15-10-/t11-/m1/s1. The highest BCUT2D eigenvalue weighted by atomic mass is 16.6. The number of nitrogens with zero attached hydrogens (tertiary/aromatic N) is 2. The normalized spacial score (nSPS) is 17.1. The van der Waals surface area contributed by atoms with Gasteiger partial charge in [0.05, 0.1) is 19.4 Å². The Morgan fingerprint density at radius 1 is 1.45 bits per heavy atom. The second kappa shape index (κ2) is 6.91. The van der Waals surface area contributed by atoms with Crippen molar-refractivity contribution in [3.8, 4) is 5.75 Å². The molecule has 0 spiro atoms. The molecule has 1 atom stereocenters. The summed E-state index contributed by atoms with van der Waals surface area (Å²) in [4.78, 5) is 18.9. The Labute approximate surface area is 117 Å². The zero-order valence-corrected chi connectivity index (χ0v) is 11.4. The maximum Gasteiger partial charge on any atom is 0.266 e. The van der Waals surface area contributed by atoms with E-state index in [-0.39, 0.29) is 11.7 Å². The van der Waals surface area contributed by atoms with Crippen molar-refractivity contribution in [2.45, 2.75) is 13.0 Å². The van der Waals surface area contributed by atoms with Crippen LogP contribution < -0.4 is 0 Å². The molecule has 0 saturated carbocycles. The quantitative estimate of drug-likeness (QED) is 0.658. The van der Waals surface area contributed by atoms with E-state index < -0.39 is 6.10 Å². The van der Waals surface area contributed by atoms with Gasteiger partial charge in [-0.2, -0.15) is 0 Å². The van der Waals surface area contributed by atoms with Crippen molar-refractivity contribution in [3.63, 3.8) is 0 Å². The zero-order valence-electron chi connectivity index (χ0n) is 11.4. The summed E-state index contributed by atoms with van der Waals surface area (Å²) in [6.07, 6.45) is 0.730.